The molecule has 0 radical (unpaired) electrons. The molecule has 1 atom stereocenters. The first-order valence-corrected chi connectivity index (χ1v) is 9.07. The summed E-state index contributed by atoms with van der Waals surface area (Å²) >= 11 is 0. The summed E-state index contributed by atoms with van der Waals surface area (Å²) in [6.45, 7) is 1.34. The number of aromatic nitrogens is 1. The first kappa shape index (κ1) is 17.5. The Morgan fingerprint density at radius 3 is 2.78 bits per heavy atom. The number of oxime groups is 1. The summed E-state index contributed by atoms with van der Waals surface area (Å²) < 4.78 is 6.92. The number of aryl methyl sites for hydroxylation is 1. The van der Waals surface area contributed by atoms with Crippen LogP contribution in [-0.2, 0) is 11.9 Å². The SMILES string of the molecule is CN(C)CCO/N=C1\CC(c2ccccc2)c2cc3c(cc21)oc(=O)n3C. The van der Waals surface area contributed by atoms with Gasteiger partial charge in [0.1, 0.15) is 6.61 Å². The molecule has 1 aromatic heterocycles. The lowest BCUT2D eigenvalue weighted by Crippen LogP contribution is -2.17. The Hall–Kier alpha value is -2.86. The topological polar surface area (TPSA) is 60.0 Å². The number of benzene rings is 2. The quantitative estimate of drug-likeness (QED) is 0.515. The van der Waals surface area contributed by atoms with Crippen LogP contribution in [0.25, 0.3) is 11.1 Å². The molecule has 2 aromatic carbocycles. The largest absolute Gasteiger partial charge is 0.419 e. The third-order valence-corrected chi connectivity index (χ3v) is 5.05. The lowest BCUT2D eigenvalue weighted by atomic mass is 9.93. The minimum atomic E-state index is -0.356. The van der Waals surface area contributed by atoms with Gasteiger partial charge in [-0.05, 0) is 37.4 Å². The van der Waals surface area contributed by atoms with Crippen molar-refractivity contribution in [1.29, 1.82) is 0 Å². The van der Waals surface area contributed by atoms with Gasteiger partial charge in [0, 0.05) is 31.5 Å². The highest BCUT2D eigenvalue weighted by Crippen LogP contribution is 2.40. The molecule has 1 heterocycles. The Bertz CT molecular complexity index is 1050. The van der Waals surface area contributed by atoms with Gasteiger partial charge in [-0.3, -0.25) is 4.57 Å². The molecule has 0 bridgehead atoms. The van der Waals surface area contributed by atoms with E-state index in [2.05, 4.69) is 28.3 Å². The Morgan fingerprint density at radius 1 is 1.26 bits per heavy atom. The van der Waals surface area contributed by atoms with Crippen molar-refractivity contribution in [2.24, 2.45) is 12.2 Å². The number of likely N-dealkylation sites (N-methyl/N-ethyl adjacent to an activating group) is 1. The molecule has 1 unspecified atom stereocenters. The van der Waals surface area contributed by atoms with Crippen LogP contribution in [0.4, 0.5) is 0 Å². The van der Waals surface area contributed by atoms with Gasteiger partial charge in [-0.1, -0.05) is 35.5 Å². The summed E-state index contributed by atoms with van der Waals surface area (Å²) in [5.74, 6) is -0.169. The molecule has 3 aromatic rings. The van der Waals surface area contributed by atoms with E-state index >= 15 is 0 Å². The molecule has 0 saturated carbocycles. The molecule has 4 rings (SSSR count). The van der Waals surface area contributed by atoms with Gasteiger partial charge in [-0.15, -0.1) is 0 Å². The van der Waals surface area contributed by atoms with Gasteiger partial charge in [0.05, 0.1) is 11.2 Å². The van der Waals surface area contributed by atoms with E-state index in [0.29, 0.717) is 12.2 Å². The van der Waals surface area contributed by atoms with Crippen LogP contribution >= 0.6 is 0 Å². The second-order valence-electron chi connectivity index (χ2n) is 7.18. The van der Waals surface area contributed by atoms with Crippen molar-refractivity contribution in [2.45, 2.75) is 12.3 Å². The highest BCUT2D eigenvalue weighted by molar-refractivity contribution is 6.07. The van der Waals surface area contributed by atoms with Crippen molar-refractivity contribution in [2.75, 3.05) is 27.2 Å². The molecular weight excluding hydrogens is 342 g/mol. The van der Waals surface area contributed by atoms with Crippen LogP contribution in [0.2, 0.25) is 0 Å². The second-order valence-corrected chi connectivity index (χ2v) is 7.18. The molecule has 27 heavy (non-hydrogen) atoms. The number of rotatable bonds is 5. The van der Waals surface area contributed by atoms with Crippen LogP contribution in [-0.4, -0.2) is 42.4 Å². The van der Waals surface area contributed by atoms with Gasteiger partial charge >= 0.3 is 5.76 Å². The van der Waals surface area contributed by atoms with Crippen LogP contribution in [0.3, 0.4) is 0 Å². The average Bonchev–Trinajstić information content (AvgIpc) is 3.15. The Labute approximate surface area is 157 Å². The fourth-order valence-corrected chi connectivity index (χ4v) is 3.56. The van der Waals surface area contributed by atoms with Gasteiger partial charge in [-0.25, -0.2) is 4.79 Å². The van der Waals surface area contributed by atoms with Crippen molar-refractivity contribution < 1.29 is 9.25 Å². The van der Waals surface area contributed by atoms with Crippen LogP contribution in [0.1, 0.15) is 29.0 Å². The van der Waals surface area contributed by atoms with Gasteiger partial charge in [0.15, 0.2) is 5.58 Å². The highest BCUT2D eigenvalue weighted by Gasteiger charge is 2.31. The average molecular weight is 365 g/mol. The number of hydrogen-bond donors (Lipinski definition) is 0. The van der Waals surface area contributed by atoms with Crippen molar-refractivity contribution in [1.82, 2.24) is 9.47 Å². The molecular formula is C21H23N3O3. The summed E-state index contributed by atoms with van der Waals surface area (Å²) in [4.78, 5) is 19.5. The molecule has 0 fully saturated rings. The first-order valence-electron chi connectivity index (χ1n) is 9.07. The molecule has 0 spiro atoms. The summed E-state index contributed by atoms with van der Waals surface area (Å²) in [7, 11) is 5.73. The van der Waals surface area contributed by atoms with E-state index in [4.69, 9.17) is 9.25 Å². The maximum atomic E-state index is 11.9. The van der Waals surface area contributed by atoms with Crippen LogP contribution < -0.4 is 5.76 Å². The van der Waals surface area contributed by atoms with E-state index in [-0.39, 0.29) is 11.7 Å². The molecule has 6 nitrogen and oxygen atoms in total. The Balaban J connectivity index is 1.77. The van der Waals surface area contributed by atoms with Gasteiger partial charge in [0.2, 0.25) is 0 Å². The minimum absolute atomic E-state index is 0.187. The molecule has 1 aliphatic carbocycles. The summed E-state index contributed by atoms with van der Waals surface area (Å²) in [6.07, 6.45) is 0.766. The zero-order valence-corrected chi connectivity index (χ0v) is 15.8. The summed E-state index contributed by atoms with van der Waals surface area (Å²) in [6, 6.07) is 14.3. The van der Waals surface area contributed by atoms with E-state index in [9.17, 15) is 4.79 Å². The van der Waals surface area contributed by atoms with E-state index < -0.39 is 0 Å². The predicted octanol–water partition coefficient (Wildman–Crippen LogP) is 2.95. The summed E-state index contributed by atoms with van der Waals surface area (Å²) in [5.41, 5.74) is 5.65. The molecule has 1 aliphatic rings. The highest BCUT2D eigenvalue weighted by atomic mass is 16.6. The zero-order chi connectivity index (χ0) is 19.0. The monoisotopic (exact) mass is 365 g/mol. The van der Waals surface area contributed by atoms with Crippen molar-refractivity contribution in [3.8, 4) is 0 Å². The number of fused-ring (bicyclic) bond motifs is 2. The molecule has 6 heteroatoms. The number of nitrogens with zero attached hydrogens (tertiary/aromatic N) is 3. The van der Waals surface area contributed by atoms with Gasteiger partial charge < -0.3 is 14.2 Å². The molecule has 0 N–H and O–H groups in total. The lowest BCUT2D eigenvalue weighted by Gasteiger charge is -2.11. The maximum Gasteiger partial charge on any atom is 0.419 e. The first-order chi connectivity index (χ1) is 13.0. The molecule has 0 saturated heterocycles. The third-order valence-electron chi connectivity index (χ3n) is 5.05. The molecule has 0 amide bonds. The zero-order valence-electron chi connectivity index (χ0n) is 15.8. The standard InChI is InChI=1S/C21H23N3O3/c1-23(2)9-10-26-22-18-11-15(14-7-5-4-6-8-14)16-12-19-20(13-17(16)18)27-21(25)24(19)3/h4-8,12-13,15H,9-11H2,1-3H3/b22-18+. The number of hydrogen-bond acceptors (Lipinski definition) is 5. The van der Waals surface area contributed by atoms with Gasteiger partial charge in [-0.2, -0.15) is 0 Å². The Kier molecular flexibility index (Phi) is 4.58. The maximum absolute atomic E-state index is 11.9. The molecule has 140 valence electrons. The smallest absolute Gasteiger partial charge is 0.408 e. The van der Waals surface area contributed by atoms with Crippen molar-refractivity contribution in [3.05, 3.63) is 69.7 Å². The Morgan fingerprint density at radius 2 is 2.04 bits per heavy atom. The second kappa shape index (κ2) is 7.04. The van der Waals surface area contributed by atoms with Gasteiger partial charge in [0.25, 0.3) is 0 Å². The van der Waals surface area contributed by atoms with Crippen LogP contribution in [0.5, 0.6) is 0 Å². The predicted molar refractivity (Wildman–Crippen MR) is 105 cm³/mol. The van der Waals surface area contributed by atoms with E-state index in [1.54, 1.807) is 11.6 Å². The fraction of sp³-hybridized carbons (Fsp3) is 0.333. The minimum Gasteiger partial charge on any atom is -0.408 e. The fourth-order valence-electron chi connectivity index (χ4n) is 3.56. The number of oxazole rings is 1. The van der Waals surface area contributed by atoms with Crippen molar-refractivity contribution in [3.63, 3.8) is 0 Å². The van der Waals surface area contributed by atoms with E-state index in [1.807, 2.05) is 38.4 Å². The van der Waals surface area contributed by atoms with Crippen molar-refractivity contribution >= 4 is 16.8 Å². The van der Waals surface area contributed by atoms with E-state index in [0.717, 1.165) is 35.3 Å². The van der Waals surface area contributed by atoms with Crippen LogP contribution in [0, 0.1) is 0 Å². The normalized spacial score (nSPS) is 17.8. The van der Waals surface area contributed by atoms with E-state index in [1.165, 1.54) is 5.56 Å². The molecule has 0 aliphatic heterocycles. The third kappa shape index (κ3) is 3.28. The van der Waals surface area contributed by atoms with Crippen LogP contribution in [0.15, 0.2) is 56.8 Å². The lowest BCUT2D eigenvalue weighted by molar-refractivity contribution is 0.125. The summed E-state index contributed by atoms with van der Waals surface area (Å²) in [5, 5.41) is 4.41.